The molecule has 0 aliphatic heterocycles. The Morgan fingerprint density at radius 3 is 2.53 bits per heavy atom. The number of carboxylic acids is 1. The lowest BCUT2D eigenvalue weighted by molar-refractivity contribution is 0.0698. The number of fused-ring (bicyclic) bond motifs is 1. The molecule has 1 heterocycles. The third-order valence-corrected chi connectivity index (χ3v) is 6.36. The second-order valence-electron chi connectivity index (χ2n) is 8.48. The van der Waals surface area contributed by atoms with E-state index in [1.807, 2.05) is 54.6 Å². The monoisotopic (exact) mass is 492 g/mol. The molecule has 5 aromatic rings. The Kier molecular flexibility index (Phi) is 6.60. The van der Waals surface area contributed by atoms with Gasteiger partial charge in [-0.2, -0.15) is 0 Å². The van der Waals surface area contributed by atoms with Gasteiger partial charge in [0, 0.05) is 16.5 Å². The van der Waals surface area contributed by atoms with Gasteiger partial charge in [0.2, 0.25) is 0 Å². The molecule has 1 aromatic heterocycles. The van der Waals surface area contributed by atoms with Crippen LogP contribution in [0, 0.1) is 6.92 Å². The lowest BCUT2D eigenvalue weighted by Crippen LogP contribution is -2.03. The average molecular weight is 493 g/mol. The lowest BCUT2D eigenvalue weighted by atomic mass is 9.98. The highest BCUT2D eigenvalue weighted by atomic mass is 32.1. The van der Waals surface area contributed by atoms with Crippen LogP contribution in [0.3, 0.4) is 0 Å². The van der Waals surface area contributed by atoms with Crippen LogP contribution in [0.5, 0.6) is 5.75 Å². The van der Waals surface area contributed by atoms with Crippen molar-refractivity contribution in [3.63, 3.8) is 0 Å². The van der Waals surface area contributed by atoms with E-state index in [1.165, 1.54) is 0 Å². The molecule has 0 aliphatic carbocycles. The number of hydrogen-bond donors (Lipinski definition) is 3. The first-order valence-electron chi connectivity index (χ1n) is 11.5. The van der Waals surface area contributed by atoms with Crippen LogP contribution in [0.1, 0.15) is 21.5 Å². The topological polar surface area (TPSA) is 71.5 Å². The van der Waals surface area contributed by atoms with Crippen molar-refractivity contribution < 1.29 is 14.6 Å². The summed E-state index contributed by atoms with van der Waals surface area (Å²) >= 11 is 4.61. The highest BCUT2D eigenvalue weighted by Crippen LogP contribution is 2.36. The highest BCUT2D eigenvalue weighted by molar-refractivity contribution is 7.80. The van der Waals surface area contributed by atoms with E-state index in [0.717, 1.165) is 38.9 Å². The molecule has 4 aromatic carbocycles. The third kappa shape index (κ3) is 4.90. The van der Waals surface area contributed by atoms with E-state index in [-0.39, 0.29) is 5.56 Å². The van der Waals surface area contributed by atoms with Crippen LogP contribution in [0.25, 0.3) is 22.0 Å². The molecule has 0 spiro atoms. The maximum absolute atomic E-state index is 11.7. The molecule has 5 rings (SSSR count). The van der Waals surface area contributed by atoms with Crippen LogP contribution in [0.4, 0.5) is 11.4 Å². The van der Waals surface area contributed by atoms with Crippen molar-refractivity contribution in [3.8, 4) is 16.9 Å². The number of anilines is 2. The van der Waals surface area contributed by atoms with Gasteiger partial charge in [-0.05, 0) is 65.6 Å². The molecular weight excluding hydrogens is 468 g/mol. The number of hydrogen-bond acceptors (Lipinski definition) is 5. The molecule has 178 valence electrons. The Morgan fingerprint density at radius 2 is 1.75 bits per heavy atom. The summed E-state index contributed by atoms with van der Waals surface area (Å²) in [6.07, 6.45) is 1.67. The fourth-order valence-corrected chi connectivity index (χ4v) is 4.42. The van der Waals surface area contributed by atoms with E-state index in [4.69, 9.17) is 4.74 Å². The minimum Gasteiger partial charge on any atom is -0.489 e. The quantitative estimate of drug-likeness (QED) is 0.205. The number of nitrogens with one attached hydrogen (secondary N) is 1. The lowest BCUT2D eigenvalue weighted by Gasteiger charge is -2.15. The molecule has 0 radical (unpaired) electrons. The summed E-state index contributed by atoms with van der Waals surface area (Å²) in [5.41, 5.74) is 6.47. The number of benzene rings is 4. The first kappa shape index (κ1) is 23.5. The second-order valence-corrected chi connectivity index (χ2v) is 8.96. The number of aromatic carboxylic acids is 1. The van der Waals surface area contributed by atoms with Crippen molar-refractivity contribution in [1.29, 1.82) is 0 Å². The Balaban J connectivity index is 1.48. The van der Waals surface area contributed by atoms with Gasteiger partial charge in [-0.25, -0.2) is 4.79 Å². The smallest absolute Gasteiger partial charge is 0.337 e. The van der Waals surface area contributed by atoms with Gasteiger partial charge in [-0.1, -0.05) is 54.6 Å². The van der Waals surface area contributed by atoms with Gasteiger partial charge in [-0.15, -0.1) is 12.6 Å². The maximum atomic E-state index is 11.7. The van der Waals surface area contributed by atoms with Crippen LogP contribution in [-0.2, 0) is 6.61 Å². The van der Waals surface area contributed by atoms with Gasteiger partial charge in [0.05, 0.1) is 22.5 Å². The van der Waals surface area contributed by atoms with E-state index >= 15 is 0 Å². The van der Waals surface area contributed by atoms with E-state index in [9.17, 15) is 9.90 Å². The Labute approximate surface area is 214 Å². The molecule has 0 amide bonds. The van der Waals surface area contributed by atoms with Crippen molar-refractivity contribution in [2.24, 2.45) is 0 Å². The largest absolute Gasteiger partial charge is 0.489 e. The standard InChI is InChI=1S/C30H24N2O3S/c1-19-15-22(35-18-20-7-3-2-4-8-20)12-13-23(19)21-11-14-26-25(16-21)29(28(36)17-31-26)32-27-10-6-5-9-24(27)30(33)34/h2-17,36H,18H2,1H3,(H,31,32)(H,33,34). The van der Waals surface area contributed by atoms with Gasteiger partial charge >= 0.3 is 5.97 Å². The predicted molar refractivity (Wildman–Crippen MR) is 147 cm³/mol. The van der Waals surface area contributed by atoms with Crippen LogP contribution in [-0.4, -0.2) is 16.1 Å². The van der Waals surface area contributed by atoms with Gasteiger partial charge in [0.25, 0.3) is 0 Å². The molecule has 0 saturated heterocycles. The molecule has 0 fully saturated rings. The molecule has 6 heteroatoms. The number of aromatic nitrogens is 1. The second kappa shape index (κ2) is 10.1. The van der Waals surface area contributed by atoms with Crippen LogP contribution in [0.2, 0.25) is 0 Å². The number of aryl methyl sites for hydroxylation is 1. The van der Waals surface area contributed by atoms with Gasteiger partial charge in [0.1, 0.15) is 12.4 Å². The summed E-state index contributed by atoms with van der Waals surface area (Å²) in [6.45, 7) is 2.57. The summed E-state index contributed by atoms with van der Waals surface area (Å²) in [6, 6.07) is 29.0. The number of carboxylic acid groups (broad SMARTS) is 1. The van der Waals surface area contributed by atoms with Crippen LogP contribution >= 0.6 is 12.6 Å². The summed E-state index contributed by atoms with van der Waals surface area (Å²) in [5.74, 6) is -0.184. The van der Waals surface area contributed by atoms with Crippen molar-refractivity contribution in [1.82, 2.24) is 4.98 Å². The first-order valence-corrected chi connectivity index (χ1v) is 11.9. The minimum atomic E-state index is -0.997. The highest BCUT2D eigenvalue weighted by Gasteiger charge is 2.14. The van der Waals surface area contributed by atoms with Gasteiger partial charge in [-0.3, -0.25) is 4.98 Å². The molecule has 2 N–H and O–H groups in total. The van der Waals surface area contributed by atoms with E-state index in [0.29, 0.717) is 22.9 Å². The zero-order valence-corrected chi connectivity index (χ0v) is 20.5. The van der Waals surface area contributed by atoms with E-state index < -0.39 is 5.97 Å². The minimum absolute atomic E-state index is 0.188. The predicted octanol–water partition coefficient (Wildman–Crippen LogP) is 7.52. The summed E-state index contributed by atoms with van der Waals surface area (Å²) in [5, 5.41) is 13.7. The number of ether oxygens (including phenoxy) is 1. The number of carbonyl (C=O) groups is 1. The number of para-hydroxylation sites is 1. The average Bonchev–Trinajstić information content (AvgIpc) is 2.90. The molecule has 0 saturated carbocycles. The van der Waals surface area contributed by atoms with Crippen LogP contribution in [0.15, 0.2) is 102 Å². The number of pyridine rings is 1. The normalized spacial score (nSPS) is 10.8. The number of rotatable bonds is 7. The summed E-state index contributed by atoms with van der Waals surface area (Å²) in [4.78, 5) is 16.8. The van der Waals surface area contributed by atoms with Crippen molar-refractivity contribution in [3.05, 3.63) is 114 Å². The molecule has 0 unspecified atom stereocenters. The third-order valence-electron chi connectivity index (χ3n) is 6.02. The SMILES string of the molecule is Cc1cc(OCc2ccccc2)ccc1-c1ccc2ncc(S)c(Nc3ccccc3C(=O)O)c2c1. The van der Waals surface area contributed by atoms with Crippen molar-refractivity contribution in [2.45, 2.75) is 18.4 Å². The number of nitrogens with zero attached hydrogens (tertiary/aromatic N) is 1. The Hall–Kier alpha value is -4.29. The maximum Gasteiger partial charge on any atom is 0.337 e. The zero-order chi connectivity index (χ0) is 25.1. The van der Waals surface area contributed by atoms with Crippen molar-refractivity contribution in [2.75, 3.05) is 5.32 Å². The number of thiol groups is 1. The summed E-state index contributed by atoms with van der Waals surface area (Å²) < 4.78 is 5.99. The van der Waals surface area contributed by atoms with E-state index in [2.05, 4.69) is 42.0 Å². The van der Waals surface area contributed by atoms with Gasteiger partial charge < -0.3 is 15.2 Å². The molecule has 0 bridgehead atoms. The van der Waals surface area contributed by atoms with Crippen LogP contribution < -0.4 is 10.1 Å². The summed E-state index contributed by atoms with van der Waals surface area (Å²) in [7, 11) is 0. The zero-order valence-electron chi connectivity index (χ0n) is 19.6. The Bertz CT molecular complexity index is 1570. The first-order chi connectivity index (χ1) is 17.5. The fourth-order valence-electron chi connectivity index (χ4n) is 4.18. The van der Waals surface area contributed by atoms with E-state index in [1.54, 1.807) is 30.5 Å². The molecule has 5 nitrogen and oxygen atoms in total. The Morgan fingerprint density at radius 1 is 0.972 bits per heavy atom. The molecule has 0 aliphatic rings. The fraction of sp³-hybridized carbons (Fsp3) is 0.0667. The van der Waals surface area contributed by atoms with Crippen molar-refractivity contribution >= 4 is 40.9 Å². The molecule has 36 heavy (non-hydrogen) atoms. The van der Waals surface area contributed by atoms with Gasteiger partial charge in [0.15, 0.2) is 0 Å². The molecular formula is C30H24N2O3S. The molecule has 0 atom stereocenters.